The quantitative estimate of drug-likeness (QED) is 0.413. The zero-order valence-corrected chi connectivity index (χ0v) is 16.9. The summed E-state index contributed by atoms with van der Waals surface area (Å²) in [4.78, 5) is 12.3. The lowest BCUT2D eigenvalue weighted by Gasteiger charge is -2.07. The number of rotatable bonds is 5. The van der Waals surface area contributed by atoms with E-state index in [9.17, 15) is 9.90 Å². The number of fused-ring (bicyclic) bond motifs is 3. The highest BCUT2D eigenvalue weighted by atomic mass is 35.5. The fraction of sp³-hybridized carbons (Fsp3) is 0.0870. The highest BCUT2D eigenvalue weighted by Gasteiger charge is 2.12. The molecule has 4 aromatic rings. The Morgan fingerprint density at radius 1 is 0.931 bits per heavy atom. The number of carbonyl (C=O) groups excluding carboxylic acids is 1. The van der Waals surface area contributed by atoms with Crippen molar-refractivity contribution in [3.8, 4) is 5.75 Å². The number of hydrogen-bond donors (Lipinski definition) is 2. The summed E-state index contributed by atoms with van der Waals surface area (Å²) in [6, 6.07) is 18.2. The van der Waals surface area contributed by atoms with Crippen LogP contribution in [0.4, 0.5) is 0 Å². The lowest BCUT2D eigenvalue weighted by molar-refractivity contribution is -0.120. The first-order valence-electron chi connectivity index (χ1n) is 9.13. The maximum Gasteiger partial charge on any atom is 0.225 e. The van der Waals surface area contributed by atoms with Crippen LogP contribution in [0.15, 0.2) is 66.9 Å². The molecule has 4 nitrogen and oxygen atoms in total. The molecule has 146 valence electrons. The zero-order chi connectivity index (χ0) is 20.4. The van der Waals surface area contributed by atoms with E-state index < -0.39 is 0 Å². The summed E-state index contributed by atoms with van der Waals surface area (Å²) < 4.78 is 2.11. The van der Waals surface area contributed by atoms with Crippen molar-refractivity contribution in [3.05, 3.63) is 82.5 Å². The topological polar surface area (TPSA) is 54.3 Å². The number of aromatic hydroxyl groups is 1. The average molecular weight is 425 g/mol. The van der Waals surface area contributed by atoms with Gasteiger partial charge in [0.15, 0.2) is 0 Å². The van der Waals surface area contributed by atoms with Crippen LogP contribution in [0.25, 0.3) is 27.9 Å². The van der Waals surface area contributed by atoms with Crippen molar-refractivity contribution >= 4 is 57.0 Å². The molecule has 6 heteroatoms. The Morgan fingerprint density at radius 3 is 2.10 bits per heavy atom. The number of amides is 1. The number of phenols is 1. The van der Waals surface area contributed by atoms with E-state index in [1.165, 1.54) is 0 Å². The van der Waals surface area contributed by atoms with Crippen LogP contribution in [0, 0.1) is 0 Å². The third-order valence-electron chi connectivity index (χ3n) is 4.76. The minimum atomic E-state index is -0.0852. The maximum absolute atomic E-state index is 12.3. The Bertz CT molecular complexity index is 1170. The molecule has 0 saturated heterocycles. The van der Waals surface area contributed by atoms with Crippen molar-refractivity contribution in [3.63, 3.8) is 0 Å². The molecule has 0 spiro atoms. The van der Waals surface area contributed by atoms with Gasteiger partial charge < -0.3 is 15.0 Å². The van der Waals surface area contributed by atoms with Crippen LogP contribution >= 0.6 is 23.2 Å². The smallest absolute Gasteiger partial charge is 0.225 e. The standard InChI is InChI=1S/C23H18Cl2N2O2/c24-16-3-7-21-19(13-16)20-14-17(25)4-8-22(20)27(21)12-10-23(29)26-11-9-15-1-5-18(28)6-2-15/h1-9,11,13-14,28H,10,12H2,(H,26,29)/b11-9+. The minimum Gasteiger partial charge on any atom is -0.508 e. The third-order valence-corrected chi connectivity index (χ3v) is 5.23. The van der Waals surface area contributed by atoms with Gasteiger partial charge in [-0.2, -0.15) is 0 Å². The Balaban J connectivity index is 1.51. The minimum absolute atomic E-state index is 0.0852. The molecule has 4 rings (SSSR count). The molecule has 0 aliphatic carbocycles. The average Bonchev–Trinajstić information content (AvgIpc) is 3.00. The second-order valence-corrected chi connectivity index (χ2v) is 7.59. The van der Waals surface area contributed by atoms with E-state index in [0.29, 0.717) is 23.0 Å². The Morgan fingerprint density at radius 2 is 1.52 bits per heavy atom. The summed E-state index contributed by atoms with van der Waals surface area (Å²) in [6.07, 6.45) is 3.71. The summed E-state index contributed by atoms with van der Waals surface area (Å²) >= 11 is 12.4. The van der Waals surface area contributed by atoms with Crippen LogP contribution in [-0.4, -0.2) is 15.6 Å². The predicted molar refractivity (Wildman–Crippen MR) is 119 cm³/mol. The van der Waals surface area contributed by atoms with Crippen molar-refractivity contribution in [2.45, 2.75) is 13.0 Å². The maximum atomic E-state index is 12.3. The molecule has 1 amide bonds. The van der Waals surface area contributed by atoms with E-state index in [0.717, 1.165) is 27.4 Å². The number of phenolic OH excluding ortho intramolecular Hbond substituents is 1. The molecule has 0 bridgehead atoms. The summed E-state index contributed by atoms with van der Waals surface area (Å²) in [6.45, 7) is 0.530. The van der Waals surface area contributed by atoms with Crippen molar-refractivity contribution < 1.29 is 9.90 Å². The molecule has 0 unspecified atom stereocenters. The van der Waals surface area contributed by atoms with Crippen LogP contribution in [0.1, 0.15) is 12.0 Å². The second-order valence-electron chi connectivity index (χ2n) is 6.72. The van der Waals surface area contributed by atoms with Gasteiger partial charge in [-0.3, -0.25) is 4.79 Å². The molecule has 0 radical (unpaired) electrons. The van der Waals surface area contributed by atoms with E-state index >= 15 is 0 Å². The van der Waals surface area contributed by atoms with E-state index in [2.05, 4.69) is 9.88 Å². The van der Waals surface area contributed by atoms with Gasteiger partial charge in [0.05, 0.1) is 0 Å². The SMILES string of the molecule is O=C(CCn1c2ccc(Cl)cc2c2cc(Cl)ccc21)N/C=C/c1ccc(O)cc1. The first-order valence-corrected chi connectivity index (χ1v) is 9.89. The number of hydrogen-bond acceptors (Lipinski definition) is 2. The fourth-order valence-corrected chi connectivity index (χ4v) is 3.74. The van der Waals surface area contributed by atoms with Crippen LogP contribution in [0.3, 0.4) is 0 Å². The van der Waals surface area contributed by atoms with Crippen LogP contribution in [0.5, 0.6) is 5.75 Å². The number of benzene rings is 3. The Hall–Kier alpha value is -2.95. The van der Waals surface area contributed by atoms with Gasteiger partial charge in [-0.25, -0.2) is 0 Å². The molecular formula is C23H18Cl2N2O2. The van der Waals surface area contributed by atoms with Gasteiger partial charge in [-0.05, 0) is 60.2 Å². The lowest BCUT2D eigenvalue weighted by atomic mass is 10.1. The zero-order valence-electron chi connectivity index (χ0n) is 15.4. The van der Waals surface area contributed by atoms with E-state index in [4.69, 9.17) is 23.2 Å². The number of halogens is 2. The first kappa shape index (κ1) is 19.4. The third kappa shape index (κ3) is 4.24. The molecule has 3 aromatic carbocycles. The molecular weight excluding hydrogens is 407 g/mol. The second kappa shape index (κ2) is 8.19. The monoisotopic (exact) mass is 424 g/mol. The number of nitrogens with one attached hydrogen (secondary N) is 1. The van der Waals surface area contributed by atoms with Crippen molar-refractivity contribution in [1.29, 1.82) is 0 Å². The van der Waals surface area contributed by atoms with Gasteiger partial charge in [-0.15, -0.1) is 0 Å². The van der Waals surface area contributed by atoms with Gasteiger partial charge in [-0.1, -0.05) is 35.3 Å². The number of aromatic nitrogens is 1. The normalized spacial score (nSPS) is 11.5. The summed E-state index contributed by atoms with van der Waals surface area (Å²) in [7, 11) is 0. The highest BCUT2D eigenvalue weighted by molar-refractivity contribution is 6.33. The Labute approximate surface area is 178 Å². The number of carbonyl (C=O) groups is 1. The summed E-state index contributed by atoms with van der Waals surface area (Å²) in [5, 5.41) is 15.4. The molecule has 0 saturated carbocycles. The fourth-order valence-electron chi connectivity index (χ4n) is 3.39. The lowest BCUT2D eigenvalue weighted by Crippen LogP contribution is -2.18. The number of aryl methyl sites for hydroxylation is 1. The van der Waals surface area contributed by atoms with Gasteiger partial charge in [0.2, 0.25) is 5.91 Å². The summed E-state index contributed by atoms with van der Waals surface area (Å²) in [5.41, 5.74) is 2.91. The van der Waals surface area contributed by atoms with Crippen molar-refractivity contribution in [2.24, 2.45) is 0 Å². The molecule has 0 aliphatic rings. The predicted octanol–water partition coefficient (Wildman–Crippen LogP) is 5.98. The largest absolute Gasteiger partial charge is 0.508 e. The van der Waals surface area contributed by atoms with E-state index in [1.54, 1.807) is 36.5 Å². The molecule has 1 heterocycles. The van der Waals surface area contributed by atoms with Crippen molar-refractivity contribution in [2.75, 3.05) is 0 Å². The molecule has 0 atom stereocenters. The van der Waals surface area contributed by atoms with Gasteiger partial charge in [0.25, 0.3) is 0 Å². The molecule has 0 fully saturated rings. The number of nitrogens with zero attached hydrogens (tertiary/aromatic N) is 1. The molecule has 1 aromatic heterocycles. The highest BCUT2D eigenvalue weighted by Crippen LogP contribution is 2.33. The summed E-state index contributed by atoms with van der Waals surface area (Å²) in [5.74, 6) is 0.123. The molecule has 29 heavy (non-hydrogen) atoms. The van der Waals surface area contributed by atoms with Gasteiger partial charge in [0.1, 0.15) is 5.75 Å². The van der Waals surface area contributed by atoms with Crippen LogP contribution in [-0.2, 0) is 11.3 Å². The molecule has 0 aliphatic heterocycles. The molecule has 2 N–H and O–H groups in total. The van der Waals surface area contributed by atoms with E-state index in [-0.39, 0.29) is 11.7 Å². The van der Waals surface area contributed by atoms with Crippen LogP contribution < -0.4 is 5.32 Å². The van der Waals surface area contributed by atoms with Gasteiger partial charge >= 0.3 is 0 Å². The Kier molecular flexibility index (Phi) is 5.47. The van der Waals surface area contributed by atoms with Crippen LogP contribution in [0.2, 0.25) is 10.0 Å². The van der Waals surface area contributed by atoms with E-state index in [1.807, 2.05) is 36.4 Å². The van der Waals surface area contributed by atoms with Crippen molar-refractivity contribution in [1.82, 2.24) is 9.88 Å². The first-order chi connectivity index (χ1) is 14.0. The van der Waals surface area contributed by atoms with Gasteiger partial charge in [0, 0.05) is 51.0 Å².